The van der Waals surface area contributed by atoms with Crippen molar-refractivity contribution in [2.24, 2.45) is 0 Å². The largest absolute Gasteiger partial charge is 0.508 e. The Morgan fingerprint density at radius 1 is 1.16 bits per heavy atom. The first-order valence-corrected chi connectivity index (χ1v) is 9.37. The summed E-state index contributed by atoms with van der Waals surface area (Å²) in [7, 11) is 0. The number of para-hydroxylation sites is 1. The predicted molar refractivity (Wildman–Crippen MR) is 102 cm³/mol. The van der Waals surface area contributed by atoms with Crippen LogP contribution in [0, 0.1) is 0 Å². The summed E-state index contributed by atoms with van der Waals surface area (Å²) in [6, 6.07) is 13.1. The van der Waals surface area contributed by atoms with Gasteiger partial charge in [-0.3, -0.25) is 9.88 Å². The lowest BCUT2D eigenvalue weighted by Crippen LogP contribution is -2.44. The van der Waals surface area contributed by atoms with Gasteiger partial charge in [0.15, 0.2) is 0 Å². The van der Waals surface area contributed by atoms with Crippen molar-refractivity contribution >= 4 is 0 Å². The number of nitrogens with one attached hydrogen (secondary N) is 1. The molecule has 25 heavy (non-hydrogen) atoms. The van der Waals surface area contributed by atoms with Crippen molar-refractivity contribution in [2.75, 3.05) is 13.1 Å². The van der Waals surface area contributed by atoms with E-state index in [9.17, 15) is 5.11 Å². The van der Waals surface area contributed by atoms with Crippen molar-refractivity contribution in [3.63, 3.8) is 0 Å². The Balaban J connectivity index is 1.56. The monoisotopic (exact) mass is 339 g/mol. The molecule has 0 aliphatic carbocycles. The van der Waals surface area contributed by atoms with Gasteiger partial charge in [0.1, 0.15) is 5.75 Å². The average Bonchev–Trinajstić information content (AvgIpc) is 2.67. The molecule has 2 heterocycles. The second-order valence-corrected chi connectivity index (χ2v) is 6.95. The molecule has 0 spiro atoms. The van der Waals surface area contributed by atoms with E-state index in [0.29, 0.717) is 17.8 Å². The Kier molecular flexibility index (Phi) is 6.05. The Bertz CT molecular complexity index is 653. The number of aromatic hydroxyl groups is 1. The van der Waals surface area contributed by atoms with Gasteiger partial charge in [-0.1, -0.05) is 25.1 Å². The number of hydrogen-bond donors (Lipinski definition) is 2. The smallest absolute Gasteiger partial charge is 0.120 e. The minimum Gasteiger partial charge on any atom is -0.508 e. The van der Waals surface area contributed by atoms with Gasteiger partial charge in [-0.05, 0) is 49.9 Å². The molecule has 1 saturated heterocycles. The summed E-state index contributed by atoms with van der Waals surface area (Å²) in [4.78, 5) is 6.66. The van der Waals surface area contributed by atoms with Gasteiger partial charge in [0, 0.05) is 49.2 Å². The number of pyridine rings is 1. The lowest BCUT2D eigenvalue weighted by atomic mass is 9.97. The Labute approximate surface area is 150 Å². The first-order valence-electron chi connectivity index (χ1n) is 9.37. The molecule has 3 rings (SSSR count). The molecule has 0 saturated carbocycles. The molecule has 0 bridgehead atoms. The molecule has 4 nitrogen and oxygen atoms in total. The zero-order chi connectivity index (χ0) is 17.6. The molecular formula is C21H29N3O. The zero-order valence-electron chi connectivity index (χ0n) is 15.2. The van der Waals surface area contributed by atoms with Gasteiger partial charge in [-0.25, -0.2) is 0 Å². The number of rotatable bonds is 6. The highest BCUT2D eigenvalue weighted by atomic mass is 16.3. The van der Waals surface area contributed by atoms with Crippen molar-refractivity contribution in [3.05, 3.63) is 59.9 Å². The second kappa shape index (κ2) is 8.45. The molecule has 1 fully saturated rings. The van der Waals surface area contributed by atoms with Crippen LogP contribution in [-0.2, 0) is 0 Å². The van der Waals surface area contributed by atoms with Gasteiger partial charge in [-0.15, -0.1) is 0 Å². The van der Waals surface area contributed by atoms with Gasteiger partial charge in [0.25, 0.3) is 0 Å². The summed E-state index contributed by atoms with van der Waals surface area (Å²) in [6.45, 7) is 6.64. The summed E-state index contributed by atoms with van der Waals surface area (Å²) >= 11 is 0. The first-order chi connectivity index (χ1) is 12.2. The summed E-state index contributed by atoms with van der Waals surface area (Å²) in [5.74, 6) is 0.394. The van der Waals surface area contributed by atoms with Crippen LogP contribution in [0.4, 0.5) is 0 Å². The fourth-order valence-electron chi connectivity index (χ4n) is 3.80. The highest BCUT2D eigenvalue weighted by molar-refractivity contribution is 5.34. The fraction of sp³-hybridized carbons (Fsp3) is 0.476. The molecule has 1 aromatic heterocycles. The molecule has 134 valence electrons. The van der Waals surface area contributed by atoms with E-state index in [0.717, 1.165) is 37.9 Å². The van der Waals surface area contributed by atoms with E-state index in [1.807, 2.05) is 30.6 Å². The Morgan fingerprint density at radius 2 is 1.84 bits per heavy atom. The molecule has 2 aromatic rings. The van der Waals surface area contributed by atoms with Crippen molar-refractivity contribution in [1.29, 1.82) is 0 Å². The van der Waals surface area contributed by atoms with Crippen LogP contribution in [0.2, 0.25) is 0 Å². The van der Waals surface area contributed by atoms with E-state index < -0.39 is 0 Å². The number of phenolic OH excluding ortho intramolecular Hbond substituents is 1. The van der Waals surface area contributed by atoms with E-state index in [1.165, 1.54) is 5.56 Å². The van der Waals surface area contributed by atoms with Crippen molar-refractivity contribution < 1.29 is 5.11 Å². The van der Waals surface area contributed by atoms with Crippen LogP contribution in [0.25, 0.3) is 0 Å². The van der Waals surface area contributed by atoms with Crippen molar-refractivity contribution in [2.45, 2.75) is 51.2 Å². The topological polar surface area (TPSA) is 48.4 Å². The van der Waals surface area contributed by atoms with E-state index in [4.69, 9.17) is 0 Å². The average molecular weight is 339 g/mol. The zero-order valence-corrected chi connectivity index (χ0v) is 15.2. The van der Waals surface area contributed by atoms with Crippen LogP contribution in [0.1, 0.15) is 56.3 Å². The highest BCUT2D eigenvalue weighted by Gasteiger charge is 2.25. The van der Waals surface area contributed by atoms with E-state index in [1.54, 1.807) is 6.07 Å². The molecule has 2 N–H and O–H groups in total. The maximum absolute atomic E-state index is 10.1. The molecule has 0 amide bonds. The van der Waals surface area contributed by atoms with E-state index in [-0.39, 0.29) is 6.04 Å². The maximum atomic E-state index is 10.1. The van der Waals surface area contributed by atoms with Crippen LogP contribution in [0.5, 0.6) is 5.75 Å². The number of phenols is 1. The number of likely N-dealkylation sites (tertiary alicyclic amines) is 1. The third-order valence-electron chi connectivity index (χ3n) is 5.42. The quantitative estimate of drug-likeness (QED) is 0.833. The van der Waals surface area contributed by atoms with Crippen LogP contribution >= 0.6 is 0 Å². The number of aromatic nitrogens is 1. The van der Waals surface area contributed by atoms with Crippen LogP contribution < -0.4 is 5.32 Å². The minimum atomic E-state index is 0.218. The van der Waals surface area contributed by atoms with E-state index in [2.05, 4.69) is 41.2 Å². The summed E-state index contributed by atoms with van der Waals surface area (Å²) < 4.78 is 0. The number of hydrogen-bond acceptors (Lipinski definition) is 4. The van der Waals surface area contributed by atoms with Gasteiger partial charge in [0.2, 0.25) is 0 Å². The molecule has 4 heteroatoms. The lowest BCUT2D eigenvalue weighted by molar-refractivity contribution is 0.147. The normalized spacial score (nSPS) is 18.8. The molecule has 2 unspecified atom stereocenters. The molecule has 0 radical (unpaired) electrons. The fourth-order valence-corrected chi connectivity index (χ4v) is 3.80. The van der Waals surface area contributed by atoms with Crippen LogP contribution in [-0.4, -0.2) is 34.1 Å². The van der Waals surface area contributed by atoms with Crippen molar-refractivity contribution in [1.82, 2.24) is 15.2 Å². The van der Waals surface area contributed by atoms with Gasteiger partial charge < -0.3 is 10.4 Å². The van der Waals surface area contributed by atoms with Gasteiger partial charge in [-0.2, -0.15) is 0 Å². The maximum Gasteiger partial charge on any atom is 0.120 e. The standard InChI is InChI=1S/C21H29N3O/c1-3-20(19-6-4-5-7-21(19)25)23-18-10-14-24(15-11-18)16(2)17-8-12-22-13-9-17/h4-9,12-13,16,18,20,23,25H,3,10-11,14-15H2,1-2H3. The summed E-state index contributed by atoms with van der Waals surface area (Å²) in [5, 5.41) is 13.9. The summed E-state index contributed by atoms with van der Waals surface area (Å²) in [5.41, 5.74) is 2.35. The number of benzene rings is 1. The molecule has 1 aliphatic rings. The second-order valence-electron chi connectivity index (χ2n) is 6.95. The lowest BCUT2D eigenvalue weighted by Gasteiger charge is -2.38. The highest BCUT2D eigenvalue weighted by Crippen LogP contribution is 2.29. The molecule has 1 aromatic carbocycles. The number of nitrogens with zero attached hydrogens (tertiary/aromatic N) is 2. The first kappa shape index (κ1) is 17.9. The van der Waals surface area contributed by atoms with Gasteiger partial charge in [0.05, 0.1) is 0 Å². The molecule has 1 aliphatic heterocycles. The molecule has 2 atom stereocenters. The van der Waals surface area contributed by atoms with Crippen LogP contribution in [0.3, 0.4) is 0 Å². The summed E-state index contributed by atoms with van der Waals surface area (Å²) in [6.07, 6.45) is 7.00. The van der Waals surface area contributed by atoms with E-state index >= 15 is 0 Å². The number of piperidine rings is 1. The SMILES string of the molecule is CCC(NC1CCN(C(C)c2ccncc2)CC1)c1ccccc1O. The van der Waals surface area contributed by atoms with Crippen molar-refractivity contribution in [3.8, 4) is 5.75 Å². The third kappa shape index (κ3) is 4.39. The Morgan fingerprint density at radius 3 is 2.48 bits per heavy atom. The molecular weight excluding hydrogens is 310 g/mol. The minimum absolute atomic E-state index is 0.218. The van der Waals surface area contributed by atoms with Gasteiger partial charge >= 0.3 is 0 Å². The predicted octanol–water partition coefficient (Wildman–Crippen LogP) is 4.05. The Hall–Kier alpha value is -1.91. The third-order valence-corrected chi connectivity index (χ3v) is 5.42. The van der Waals surface area contributed by atoms with Crippen LogP contribution in [0.15, 0.2) is 48.8 Å².